The highest BCUT2D eigenvalue weighted by Crippen LogP contribution is 2.36. The predicted octanol–water partition coefficient (Wildman–Crippen LogP) is 9.12. The molecule has 2 aliphatic rings. The highest BCUT2D eigenvalue weighted by Gasteiger charge is 2.24. The van der Waals surface area contributed by atoms with Crippen LogP contribution in [0.3, 0.4) is 0 Å². The average molecular weight is 477 g/mol. The van der Waals surface area contributed by atoms with E-state index in [2.05, 4.69) is 26.0 Å². The summed E-state index contributed by atoms with van der Waals surface area (Å²) in [6.07, 6.45) is 22.0. The summed E-state index contributed by atoms with van der Waals surface area (Å²) in [6, 6.07) is 8.63. The Morgan fingerprint density at radius 2 is 1.23 bits per heavy atom. The van der Waals surface area contributed by atoms with E-state index in [0.29, 0.717) is 29.4 Å². The van der Waals surface area contributed by atoms with Gasteiger partial charge in [0.15, 0.2) is 0 Å². The largest absolute Gasteiger partial charge is 0.492 e. The molecule has 0 amide bonds. The van der Waals surface area contributed by atoms with Crippen molar-refractivity contribution in [3.05, 3.63) is 28.8 Å². The van der Waals surface area contributed by atoms with Crippen LogP contribution in [0.5, 0.6) is 5.75 Å². The molecule has 35 heavy (non-hydrogen) atoms. The van der Waals surface area contributed by atoms with Gasteiger partial charge in [0, 0.05) is 0 Å². The van der Waals surface area contributed by atoms with E-state index in [-0.39, 0.29) is 0 Å². The van der Waals surface area contributed by atoms with Crippen molar-refractivity contribution in [2.45, 2.75) is 123 Å². The lowest BCUT2D eigenvalue weighted by Gasteiger charge is -2.29. The number of aryl methyl sites for hydroxylation is 1. The highest BCUT2D eigenvalue weighted by molar-refractivity contribution is 5.57. The molecule has 0 aromatic heterocycles. The summed E-state index contributed by atoms with van der Waals surface area (Å²) in [7, 11) is 0. The molecule has 0 N–H and O–H groups in total. The Morgan fingerprint density at radius 3 is 1.80 bits per heavy atom. The van der Waals surface area contributed by atoms with Crippen LogP contribution >= 0.6 is 0 Å². The monoisotopic (exact) mass is 476 g/mol. The van der Waals surface area contributed by atoms with Gasteiger partial charge in [-0.15, -0.1) is 0 Å². The minimum absolute atomic E-state index is 0.446. The van der Waals surface area contributed by atoms with Crippen molar-refractivity contribution >= 4 is 0 Å². The van der Waals surface area contributed by atoms with Crippen LogP contribution in [-0.2, 0) is 6.42 Å². The second-order valence-corrected chi connectivity index (χ2v) is 11.5. The van der Waals surface area contributed by atoms with Crippen LogP contribution in [0.25, 0.3) is 0 Å². The van der Waals surface area contributed by atoms with E-state index < -0.39 is 0 Å². The minimum Gasteiger partial charge on any atom is -0.492 e. The molecule has 2 saturated carbocycles. The number of nitriles is 2. The third-order valence-corrected chi connectivity index (χ3v) is 8.89. The van der Waals surface area contributed by atoms with Crippen LogP contribution in [0, 0.1) is 46.3 Å². The first-order valence-electron chi connectivity index (χ1n) is 14.8. The molecule has 0 bridgehead atoms. The van der Waals surface area contributed by atoms with Gasteiger partial charge in [0.1, 0.15) is 23.5 Å². The molecule has 2 fully saturated rings. The van der Waals surface area contributed by atoms with E-state index in [1.54, 1.807) is 0 Å². The van der Waals surface area contributed by atoms with Gasteiger partial charge < -0.3 is 4.74 Å². The number of benzene rings is 1. The van der Waals surface area contributed by atoms with Crippen LogP contribution in [0.15, 0.2) is 12.1 Å². The third-order valence-electron chi connectivity index (χ3n) is 8.89. The molecule has 0 saturated heterocycles. The maximum absolute atomic E-state index is 9.89. The van der Waals surface area contributed by atoms with Gasteiger partial charge in [0.25, 0.3) is 0 Å². The fourth-order valence-electron chi connectivity index (χ4n) is 6.43. The van der Waals surface area contributed by atoms with Gasteiger partial charge in [-0.3, -0.25) is 0 Å². The summed E-state index contributed by atoms with van der Waals surface area (Å²) in [5.41, 5.74) is 2.01. The second kappa shape index (κ2) is 15.2. The van der Waals surface area contributed by atoms with Crippen molar-refractivity contribution in [1.82, 2.24) is 0 Å². The Labute approximate surface area is 215 Å². The third kappa shape index (κ3) is 8.56. The molecule has 0 atom stereocenters. The molecule has 0 unspecified atom stereocenters. The average Bonchev–Trinajstić information content (AvgIpc) is 2.90. The van der Waals surface area contributed by atoms with Gasteiger partial charge in [-0.1, -0.05) is 103 Å². The highest BCUT2D eigenvalue weighted by atomic mass is 16.5. The number of hydrogen-bond donors (Lipinski definition) is 0. The standard InChI is InChI=1S/C32H48N2O/c1-3-5-7-9-26-14-16-28(17-15-26)24-35-32-21-20-29(30(22-33)31(32)23-34)19-18-27-12-10-25(11-13-27)8-6-4-2/h20-21,25-28H,3-19,24H2,1-2H3/t25-,26-,27-,28-. The van der Waals surface area contributed by atoms with E-state index in [4.69, 9.17) is 4.74 Å². The van der Waals surface area contributed by atoms with Crippen molar-refractivity contribution in [1.29, 1.82) is 10.5 Å². The van der Waals surface area contributed by atoms with Crippen molar-refractivity contribution in [3.8, 4) is 17.9 Å². The lowest BCUT2D eigenvalue weighted by Crippen LogP contribution is -2.20. The first-order valence-corrected chi connectivity index (χ1v) is 14.8. The summed E-state index contributed by atoms with van der Waals surface area (Å²) in [5.74, 6) is 3.76. The summed E-state index contributed by atoms with van der Waals surface area (Å²) >= 11 is 0. The molecule has 2 aliphatic carbocycles. The molecule has 1 aromatic rings. The first-order chi connectivity index (χ1) is 17.2. The molecule has 192 valence electrons. The number of ether oxygens (including phenoxy) is 1. The topological polar surface area (TPSA) is 56.8 Å². The van der Waals surface area contributed by atoms with E-state index in [1.165, 1.54) is 96.3 Å². The molecule has 3 heteroatoms. The van der Waals surface area contributed by atoms with Crippen molar-refractivity contribution in [2.24, 2.45) is 23.7 Å². The maximum Gasteiger partial charge on any atom is 0.138 e. The quantitative estimate of drug-likeness (QED) is 0.267. The SMILES string of the molecule is CCCCC[C@H]1CC[C@H](COc2ccc(CC[C@H]3CC[C@H](CCCC)CC3)c(C#N)c2C#N)CC1. The van der Waals surface area contributed by atoms with Gasteiger partial charge in [-0.25, -0.2) is 0 Å². The summed E-state index contributed by atoms with van der Waals surface area (Å²) in [6.45, 7) is 5.22. The van der Waals surface area contributed by atoms with E-state index in [9.17, 15) is 10.5 Å². The number of nitrogens with zero attached hydrogens (tertiary/aromatic N) is 2. The summed E-state index contributed by atoms with van der Waals surface area (Å²) in [4.78, 5) is 0. The maximum atomic E-state index is 9.89. The molecule has 0 aliphatic heterocycles. The lowest BCUT2D eigenvalue weighted by atomic mass is 9.77. The molecule has 0 radical (unpaired) electrons. The van der Waals surface area contributed by atoms with Crippen LogP contribution in [0.2, 0.25) is 0 Å². The predicted molar refractivity (Wildman–Crippen MR) is 144 cm³/mol. The zero-order valence-corrected chi connectivity index (χ0v) is 22.5. The van der Waals surface area contributed by atoms with Gasteiger partial charge in [0.2, 0.25) is 0 Å². The van der Waals surface area contributed by atoms with E-state index >= 15 is 0 Å². The summed E-state index contributed by atoms with van der Waals surface area (Å²) in [5, 5.41) is 19.8. The van der Waals surface area contributed by atoms with Crippen molar-refractivity contribution < 1.29 is 4.74 Å². The zero-order chi connectivity index (χ0) is 24.9. The molecule has 1 aromatic carbocycles. The van der Waals surface area contributed by atoms with Crippen molar-refractivity contribution in [3.63, 3.8) is 0 Å². The Kier molecular flexibility index (Phi) is 12.0. The van der Waals surface area contributed by atoms with Gasteiger partial charge in [0.05, 0.1) is 12.2 Å². The van der Waals surface area contributed by atoms with Gasteiger partial charge in [-0.2, -0.15) is 10.5 Å². The molecule has 3 rings (SSSR count). The van der Waals surface area contributed by atoms with Gasteiger partial charge >= 0.3 is 0 Å². The Bertz CT molecular complexity index is 832. The number of unbranched alkanes of at least 4 members (excludes halogenated alkanes) is 3. The van der Waals surface area contributed by atoms with E-state index in [0.717, 1.165) is 36.2 Å². The first kappa shape index (κ1) is 27.6. The fraction of sp³-hybridized carbons (Fsp3) is 0.750. The lowest BCUT2D eigenvalue weighted by molar-refractivity contribution is 0.177. The molecule has 3 nitrogen and oxygen atoms in total. The Morgan fingerprint density at radius 1 is 0.686 bits per heavy atom. The second-order valence-electron chi connectivity index (χ2n) is 11.5. The van der Waals surface area contributed by atoms with Crippen molar-refractivity contribution in [2.75, 3.05) is 6.61 Å². The van der Waals surface area contributed by atoms with Crippen LogP contribution in [-0.4, -0.2) is 6.61 Å². The van der Waals surface area contributed by atoms with Crippen LogP contribution in [0.1, 0.15) is 133 Å². The van der Waals surface area contributed by atoms with Gasteiger partial charge in [-0.05, 0) is 61.0 Å². The molecular formula is C32H48N2O. The smallest absolute Gasteiger partial charge is 0.138 e. The zero-order valence-electron chi connectivity index (χ0n) is 22.5. The van der Waals surface area contributed by atoms with E-state index in [1.807, 2.05) is 12.1 Å². The summed E-state index contributed by atoms with van der Waals surface area (Å²) < 4.78 is 6.16. The Balaban J connectivity index is 1.49. The fourth-order valence-corrected chi connectivity index (χ4v) is 6.43. The normalized spacial score (nSPS) is 24.5. The Hall–Kier alpha value is -2.00. The molecule has 0 spiro atoms. The van der Waals surface area contributed by atoms with Crippen LogP contribution < -0.4 is 4.74 Å². The number of hydrogen-bond acceptors (Lipinski definition) is 3. The molecular weight excluding hydrogens is 428 g/mol. The minimum atomic E-state index is 0.446. The molecule has 0 heterocycles. The number of rotatable bonds is 13. The van der Waals surface area contributed by atoms with Crippen LogP contribution in [0.4, 0.5) is 0 Å².